The average molecular weight is 186 g/mol. The predicted molar refractivity (Wildman–Crippen MR) is 54.4 cm³/mol. The Kier molecular flexibility index (Phi) is 8.14. The molecule has 0 aromatic carbocycles. The summed E-state index contributed by atoms with van der Waals surface area (Å²) in [6, 6.07) is 5.72. The number of hydrogen-bond acceptors (Lipinski definition) is 1. The Bertz CT molecular complexity index is 136. The molecule has 0 spiro atoms. The van der Waals surface area contributed by atoms with E-state index in [0.29, 0.717) is 0 Å². The molecule has 12 heavy (non-hydrogen) atoms. The van der Waals surface area contributed by atoms with Crippen LogP contribution in [-0.2, 0) is 0 Å². The van der Waals surface area contributed by atoms with Crippen molar-refractivity contribution in [3.8, 4) is 0 Å². The van der Waals surface area contributed by atoms with E-state index in [2.05, 4.69) is 18.8 Å². The number of hydrogen-bond donors (Lipinski definition) is 0. The lowest BCUT2D eigenvalue weighted by Gasteiger charge is -1.94. The van der Waals surface area contributed by atoms with E-state index < -0.39 is 0 Å². The maximum Gasteiger partial charge on any atom is 0.0267 e. The first-order valence-electron chi connectivity index (χ1n) is 4.18. The molecule has 0 N–H and O–H groups in total. The first kappa shape index (κ1) is 11.4. The van der Waals surface area contributed by atoms with Gasteiger partial charge in [0, 0.05) is 18.3 Å². The van der Waals surface area contributed by atoms with Crippen molar-refractivity contribution >= 4 is 11.6 Å². The molecule has 1 aromatic rings. The van der Waals surface area contributed by atoms with Crippen molar-refractivity contribution in [2.24, 2.45) is 5.92 Å². The summed E-state index contributed by atoms with van der Waals surface area (Å²) >= 11 is 5.40. The summed E-state index contributed by atoms with van der Waals surface area (Å²) in [6.07, 6.45) is 4.64. The highest BCUT2D eigenvalue weighted by atomic mass is 35.5. The number of nitrogens with zero attached hydrogens (tertiary/aromatic N) is 1. The van der Waals surface area contributed by atoms with Crippen molar-refractivity contribution in [2.75, 3.05) is 5.88 Å². The van der Waals surface area contributed by atoms with Gasteiger partial charge in [0.1, 0.15) is 0 Å². The number of alkyl halides is 1. The zero-order valence-corrected chi connectivity index (χ0v) is 8.46. The first-order chi connectivity index (χ1) is 5.77. The zero-order valence-electron chi connectivity index (χ0n) is 7.70. The highest BCUT2D eigenvalue weighted by Crippen LogP contribution is 1.98. The molecule has 0 atom stereocenters. The molecule has 0 saturated heterocycles. The molecule has 1 rings (SSSR count). The van der Waals surface area contributed by atoms with Crippen LogP contribution in [0.3, 0.4) is 0 Å². The Labute approximate surface area is 79.8 Å². The van der Waals surface area contributed by atoms with E-state index in [9.17, 15) is 0 Å². The molecule has 0 amide bonds. The molecular formula is C10H16ClN. The quantitative estimate of drug-likeness (QED) is 0.644. The molecule has 0 fully saturated rings. The van der Waals surface area contributed by atoms with Crippen LogP contribution >= 0.6 is 11.6 Å². The van der Waals surface area contributed by atoms with Crippen molar-refractivity contribution < 1.29 is 0 Å². The van der Waals surface area contributed by atoms with Gasteiger partial charge in [-0.25, -0.2) is 0 Å². The Morgan fingerprint density at radius 1 is 1.17 bits per heavy atom. The van der Waals surface area contributed by atoms with E-state index in [1.165, 1.54) is 0 Å². The molecule has 2 heteroatoms. The summed E-state index contributed by atoms with van der Waals surface area (Å²) in [4.78, 5) is 3.78. The maximum absolute atomic E-state index is 5.40. The maximum atomic E-state index is 5.40. The van der Waals surface area contributed by atoms with E-state index in [4.69, 9.17) is 11.6 Å². The monoisotopic (exact) mass is 185 g/mol. The molecule has 0 bridgehead atoms. The smallest absolute Gasteiger partial charge is 0.0267 e. The molecule has 1 nitrogen and oxygen atoms in total. The van der Waals surface area contributed by atoms with E-state index in [0.717, 1.165) is 18.2 Å². The lowest BCUT2D eigenvalue weighted by atomic mass is 10.2. The summed E-state index contributed by atoms with van der Waals surface area (Å²) in [6.45, 7) is 4.34. The highest BCUT2D eigenvalue weighted by molar-refractivity contribution is 6.17. The first-order valence-corrected chi connectivity index (χ1v) is 4.71. The lowest BCUT2D eigenvalue weighted by Crippen LogP contribution is -1.85. The minimum Gasteiger partial charge on any atom is -0.265 e. The van der Waals surface area contributed by atoms with Crippen LogP contribution in [0.5, 0.6) is 0 Å². The van der Waals surface area contributed by atoms with Crippen molar-refractivity contribution in [1.29, 1.82) is 0 Å². The summed E-state index contributed by atoms with van der Waals surface area (Å²) in [5, 5.41) is 0. The molecule has 0 aliphatic rings. The normalized spacial score (nSPS) is 9.00. The topological polar surface area (TPSA) is 12.9 Å². The number of aromatic nitrogens is 1. The van der Waals surface area contributed by atoms with Crippen LogP contribution in [0.25, 0.3) is 0 Å². The van der Waals surface area contributed by atoms with E-state index in [1.54, 1.807) is 12.4 Å². The lowest BCUT2D eigenvalue weighted by molar-refractivity contribution is 0.630. The second-order valence-corrected chi connectivity index (χ2v) is 3.27. The van der Waals surface area contributed by atoms with Gasteiger partial charge in [-0.1, -0.05) is 19.9 Å². The molecule has 68 valence electrons. The number of rotatable bonds is 2. The van der Waals surface area contributed by atoms with Gasteiger partial charge in [-0.15, -0.1) is 11.6 Å². The Morgan fingerprint density at radius 3 is 1.83 bits per heavy atom. The highest BCUT2D eigenvalue weighted by Gasteiger charge is 1.86. The van der Waals surface area contributed by atoms with E-state index in [-0.39, 0.29) is 0 Å². The molecule has 1 aromatic heterocycles. The van der Waals surface area contributed by atoms with E-state index in [1.807, 2.05) is 18.2 Å². The molecular weight excluding hydrogens is 170 g/mol. The number of halogens is 1. The predicted octanol–water partition coefficient (Wildman–Crippen LogP) is 3.35. The van der Waals surface area contributed by atoms with Gasteiger partial charge in [0.15, 0.2) is 0 Å². The van der Waals surface area contributed by atoms with Gasteiger partial charge in [0.2, 0.25) is 0 Å². The fourth-order valence-electron chi connectivity index (χ4n) is 0.531. The largest absolute Gasteiger partial charge is 0.265 e. The van der Waals surface area contributed by atoms with Crippen LogP contribution in [0, 0.1) is 5.92 Å². The van der Waals surface area contributed by atoms with Gasteiger partial charge in [-0.2, -0.15) is 0 Å². The van der Waals surface area contributed by atoms with Gasteiger partial charge in [-0.3, -0.25) is 4.98 Å². The summed E-state index contributed by atoms with van der Waals surface area (Å²) in [7, 11) is 0. The van der Waals surface area contributed by atoms with Gasteiger partial charge in [0.05, 0.1) is 0 Å². The molecule has 0 radical (unpaired) electrons. The molecule has 1 heterocycles. The zero-order chi connectivity index (χ0) is 9.23. The Balaban J connectivity index is 0.000000202. The molecule has 0 aliphatic heterocycles. The van der Waals surface area contributed by atoms with Crippen LogP contribution in [0.4, 0.5) is 0 Å². The van der Waals surface area contributed by atoms with Crippen molar-refractivity contribution in [2.45, 2.75) is 20.3 Å². The SMILES string of the molecule is CC(C)CCCl.c1ccncc1. The second-order valence-electron chi connectivity index (χ2n) is 2.90. The van der Waals surface area contributed by atoms with Gasteiger partial charge < -0.3 is 0 Å². The third-order valence-corrected chi connectivity index (χ3v) is 1.47. The van der Waals surface area contributed by atoms with Gasteiger partial charge in [0.25, 0.3) is 0 Å². The number of pyridine rings is 1. The Morgan fingerprint density at radius 2 is 1.75 bits per heavy atom. The summed E-state index contributed by atoms with van der Waals surface area (Å²) in [5.74, 6) is 1.57. The van der Waals surface area contributed by atoms with Crippen molar-refractivity contribution in [1.82, 2.24) is 4.98 Å². The van der Waals surface area contributed by atoms with Crippen LogP contribution < -0.4 is 0 Å². The summed E-state index contributed by atoms with van der Waals surface area (Å²) < 4.78 is 0. The van der Waals surface area contributed by atoms with Crippen LogP contribution in [0.1, 0.15) is 20.3 Å². The molecule has 0 aliphatic carbocycles. The minimum atomic E-state index is 0.766. The fraction of sp³-hybridized carbons (Fsp3) is 0.500. The van der Waals surface area contributed by atoms with Gasteiger partial charge >= 0.3 is 0 Å². The minimum absolute atomic E-state index is 0.766. The third kappa shape index (κ3) is 9.44. The van der Waals surface area contributed by atoms with Crippen LogP contribution in [-0.4, -0.2) is 10.9 Å². The van der Waals surface area contributed by atoms with Crippen LogP contribution in [0.15, 0.2) is 30.6 Å². The van der Waals surface area contributed by atoms with Gasteiger partial charge in [-0.05, 0) is 24.5 Å². The third-order valence-electron chi connectivity index (χ3n) is 1.25. The van der Waals surface area contributed by atoms with Crippen molar-refractivity contribution in [3.05, 3.63) is 30.6 Å². The van der Waals surface area contributed by atoms with E-state index >= 15 is 0 Å². The second kappa shape index (κ2) is 8.54. The Hall–Kier alpha value is -0.560. The fourth-order valence-corrected chi connectivity index (χ4v) is 0.967. The average Bonchev–Trinajstić information content (AvgIpc) is 2.08. The molecule has 0 unspecified atom stereocenters. The van der Waals surface area contributed by atoms with Crippen LogP contribution in [0.2, 0.25) is 0 Å². The standard InChI is InChI=1S/C5H11Cl.C5H5N/c1-5(2)3-4-6;1-2-4-6-5-3-1/h5H,3-4H2,1-2H3;1-5H. The van der Waals surface area contributed by atoms with Crippen molar-refractivity contribution in [3.63, 3.8) is 0 Å². The molecule has 0 saturated carbocycles. The summed E-state index contributed by atoms with van der Waals surface area (Å²) in [5.41, 5.74) is 0.